The molecular weight excluding hydrogens is 414 g/mol. The van der Waals surface area contributed by atoms with Gasteiger partial charge < -0.3 is 19.5 Å². The molecule has 5 nitrogen and oxygen atoms in total. The Morgan fingerprint density at radius 3 is 2.48 bits per heavy atom. The van der Waals surface area contributed by atoms with Crippen LogP contribution in [0.15, 0.2) is 66.7 Å². The molecule has 1 amide bonds. The van der Waals surface area contributed by atoms with E-state index in [4.69, 9.17) is 9.47 Å². The maximum Gasteiger partial charge on any atom is 0.410 e. The number of phenolic OH excluding ortho intramolecular Hbond substituents is 1. The molecule has 3 aliphatic rings. The molecule has 3 aromatic rings. The first-order valence-electron chi connectivity index (χ1n) is 11.8. The minimum atomic E-state index is -0.321. The summed E-state index contributed by atoms with van der Waals surface area (Å²) in [5, 5.41) is 10.5. The fourth-order valence-electron chi connectivity index (χ4n) is 5.84. The Morgan fingerprint density at radius 1 is 1.00 bits per heavy atom. The van der Waals surface area contributed by atoms with E-state index < -0.39 is 0 Å². The van der Waals surface area contributed by atoms with Gasteiger partial charge in [-0.15, -0.1) is 0 Å². The van der Waals surface area contributed by atoms with E-state index in [1.165, 1.54) is 22.3 Å². The first-order chi connectivity index (χ1) is 16.2. The van der Waals surface area contributed by atoms with Crippen LogP contribution >= 0.6 is 0 Å². The van der Waals surface area contributed by atoms with Crippen molar-refractivity contribution in [2.45, 2.75) is 37.3 Å². The van der Waals surface area contributed by atoms with Crippen molar-refractivity contribution in [3.8, 4) is 16.9 Å². The van der Waals surface area contributed by atoms with Crippen LogP contribution in [0, 0.1) is 0 Å². The number of hydrogen-bond acceptors (Lipinski definition) is 4. The second-order valence-electron chi connectivity index (χ2n) is 9.10. The molecule has 0 spiro atoms. The summed E-state index contributed by atoms with van der Waals surface area (Å²) >= 11 is 0. The van der Waals surface area contributed by atoms with Gasteiger partial charge in [0.2, 0.25) is 0 Å². The van der Waals surface area contributed by atoms with Gasteiger partial charge in [-0.1, -0.05) is 60.7 Å². The lowest BCUT2D eigenvalue weighted by molar-refractivity contribution is -0.0139. The van der Waals surface area contributed by atoms with Crippen molar-refractivity contribution >= 4 is 6.09 Å². The number of ether oxygens (including phenoxy) is 2. The molecule has 0 radical (unpaired) electrons. The first kappa shape index (κ1) is 20.3. The van der Waals surface area contributed by atoms with E-state index in [1.54, 1.807) is 11.0 Å². The predicted molar refractivity (Wildman–Crippen MR) is 125 cm³/mol. The molecule has 2 atom stereocenters. The molecule has 1 saturated heterocycles. The van der Waals surface area contributed by atoms with E-state index in [2.05, 4.69) is 36.4 Å². The number of likely N-dealkylation sites (tertiary alicyclic amines) is 1. The molecule has 168 valence electrons. The molecule has 6 rings (SSSR count). The molecule has 1 N–H and O–H groups in total. The summed E-state index contributed by atoms with van der Waals surface area (Å²) in [6.45, 7) is 1.55. The van der Waals surface area contributed by atoms with Crippen molar-refractivity contribution in [1.82, 2.24) is 4.90 Å². The van der Waals surface area contributed by atoms with Crippen LogP contribution in [0.2, 0.25) is 0 Å². The maximum atomic E-state index is 13.3. The summed E-state index contributed by atoms with van der Waals surface area (Å²) < 4.78 is 12.0. The molecule has 0 saturated carbocycles. The van der Waals surface area contributed by atoms with Crippen LogP contribution in [0.3, 0.4) is 0 Å². The van der Waals surface area contributed by atoms with Crippen LogP contribution in [0.4, 0.5) is 4.79 Å². The highest BCUT2D eigenvalue weighted by molar-refractivity contribution is 5.79. The summed E-state index contributed by atoms with van der Waals surface area (Å²) in [7, 11) is 0. The Kier molecular flexibility index (Phi) is 5.07. The molecule has 0 bridgehead atoms. The van der Waals surface area contributed by atoms with E-state index >= 15 is 0 Å². The summed E-state index contributed by atoms with van der Waals surface area (Å²) in [6, 6.07) is 22.2. The first-order valence-corrected chi connectivity index (χ1v) is 11.8. The molecule has 1 aliphatic carbocycles. The number of phenols is 1. The molecule has 1 fully saturated rings. The smallest absolute Gasteiger partial charge is 0.410 e. The molecule has 5 heteroatoms. The van der Waals surface area contributed by atoms with E-state index in [1.807, 2.05) is 24.3 Å². The van der Waals surface area contributed by atoms with Crippen molar-refractivity contribution in [2.24, 2.45) is 0 Å². The summed E-state index contributed by atoms with van der Waals surface area (Å²) in [6.07, 6.45) is 1.89. The van der Waals surface area contributed by atoms with Crippen LogP contribution in [-0.2, 0) is 15.9 Å². The number of benzene rings is 3. The predicted octanol–water partition coefficient (Wildman–Crippen LogP) is 5.42. The molecule has 0 aromatic heterocycles. The van der Waals surface area contributed by atoms with Crippen LogP contribution in [0.25, 0.3) is 11.1 Å². The third-order valence-electron chi connectivity index (χ3n) is 7.35. The van der Waals surface area contributed by atoms with Crippen molar-refractivity contribution in [2.75, 3.05) is 19.8 Å². The second kappa shape index (κ2) is 8.23. The number of amides is 1. The molecule has 2 aliphatic heterocycles. The third kappa shape index (κ3) is 3.39. The quantitative estimate of drug-likeness (QED) is 0.590. The van der Waals surface area contributed by atoms with Crippen molar-refractivity contribution in [3.63, 3.8) is 0 Å². The van der Waals surface area contributed by atoms with Crippen molar-refractivity contribution < 1.29 is 19.4 Å². The topological polar surface area (TPSA) is 59.0 Å². The largest absolute Gasteiger partial charge is 0.508 e. The number of fused-ring (bicyclic) bond motifs is 4. The second-order valence-corrected chi connectivity index (χ2v) is 9.10. The zero-order valence-electron chi connectivity index (χ0n) is 18.4. The lowest BCUT2D eigenvalue weighted by Gasteiger charge is -2.35. The van der Waals surface area contributed by atoms with Gasteiger partial charge in [0.25, 0.3) is 0 Å². The normalized spacial score (nSPS) is 21.4. The lowest BCUT2D eigenvalue weighted by atomic mass is 9.91. The molecule has 1 unspecified atom stereocenters. The number of hydrogen-bond donors (Lipinski definition) is 1. The Balaban J connectivity index is 1.22. The fraction of sp³-hybridized carbons (Fsp3) is 0.321. The van der Waals surface area contributed by atoms with E-state index in [0.29, 0.717) is 19.8 Å². The fourth-order valence-corrected chi connectivity index (χ4v) is 5.84. The highest BCUT2D eigenvalue weighted by Crippen LogP contribution is 2.45. The van der Waals surface area contributed by atoms with Gasteiger partial charge >= 0.3 is 6.09 Å². The number of carbonyl (C=O) groups excluding carboxylic acids is 1. The Morgan fingerprint density at radius 2 is 1.73 bits per heavy atom. The van der Waals surface area contributed by atoms with Gasteiger partial charge in [0, 0.05) is 18.0 Å². The minimum absolute atomic E-state index is 0.0399. The van der Waals surface area contributed by atoms with Gasteiger partial charge in [0.1, 0.15) is 18.5 Å². The molecular formula is C28H27NO4. The Labute approximate surface area is 193 Å². The van der Waals surface area contributed by atoms with Gasteiger partial charge in [-0.25, -0.2) is 4.79 Å². The van der Waals surface area contributed by atoms with E-state index in [-0.39, 0.29) is 29.9 Å². The third-order valence-corrected chi connectivity index (χ3v) is 7.35. The number of carbonyl (C=O) groups is 1. The average molecular weight is 442 g/mol. The van der Waals surface area contributed by atoms with Crippen molar-refractivity contribution in [1.29, 1.82) is 0 Å². The lowest BCUT2D eigenvalue weighted by Crippen LogP contribution is -2.42. The van der Waals surface area contributed by atoms with Crippen molar-refractivity contribution in [3.05, 3.63) is 89.0 Å². The zero-order valence-corrected chi connectivity index (χ0v) is 18.4. The maximum absolute atomic E-state index is 13.3. The number of rotatable bonds is 3. The van der Waals surface area contributed by atoms with E-state index in [0.717, 1.165) is 30.4 Å². The SMILES string of the molecule is O=C(OCC1c2ccccc2-c2ccccc21)N1CCC[C@H]1C1OCCc2cccc(O)c21. The monoisotopic (exact) mass is 441 g/mol. The highest BCUT2D eigenvalue weighted by Gasteiger charge is 2.41. The van der Waals surface area contributed by atoms with Gasteiger partial charge in [0.05, 0.1) is 12.6 Å². The Hall–Kier alpha value is -3.31. The average Bonchev–Trinajstić information content (AvgIpc) is 3.46. The number of nitrogens with zero attached hydrogens (tertiary/aromatic N) is 1. The summed E-state index contributed by atoms with van der Waals surface area (Å²) in [4.78, 5) is 15.1. The van der Waals surface area contributed by atoms with Crippen LogP contribution in [-0.4, -0.2) is 41.9 Å². The Bertz CT molecular complexity index is 1160. The van der Waals surface area contributed by atoms with Gasteiger partial charge in [0.15, 0.2) is 0 Å². The molecule has 33 heavy (non-hydrogen) atoms. The summed E-state index contributed by atoms with van der Waals surface area (Å²) in [5.74, 6) is 0.287. The highest BCUT2D eigenvalue weighted by atomic mass is 16.6. The van der Waals surface area contributed by atoms with Crippen LogP contribution in [0.1, 0.15) is 47.1 Å². The molecule has 3 aromatic carbocycles. The minimum Gasteiger partial charge on any atom is -0.508 e. The zero-order chi connectivity index (χ0) is 22.4. The van der Waals surface area contributed by atoms with Crippen LogP contribution < -0.4 is 0 Å². The van der Waals surface area contributed by atoms with Gasteiger partial charge in [-0.2, -0.15) is 0 Å². The molecule has 2 heterocycles. The van der Waals surface area contributed by atoms with Crippen LogP contribution in [0.5, 0.6) is 5.75 Å². The summed E-state index contributed by atoms with van der Waals surface area (Å²) in [5.41, 5.74) is 6.78. The number of aromatic hydroxyl groups is 1. The van der Waals surface area contributed by atoms with E-state index in [9.17, 15) is 9.90 Å². The van der Waals surface area contributed by atoms with Gasteiger partial charge in [-0.3, -0.25) is 0 Å². The standard InChI is InChI=1S/C28H27NO4/c30-25-13-5-7-18-14-16-32-27(26(18)25)24-12-6-15-29(24)28(31)33-17-23-21-10-3-1-8-19(21)20-9-2-4-11-22(20)23/h1-5,7-11,13,23-24,27,30H,6,12,14-17H2/t24-,27?/m0/s1. The van der Waals surface area contributed by atoms with Gasteiger partial charge in [-0.05, 0) is 53.1 Å².